The van der Waals surface area contributed by atoms with E-state index in [2.05, 4.69) is 58.7 Å². The molecular formula is C24H27N3O. The summed E-state index contributed by atoms with van der Waals surface area (Å²) in [5, 5.41) is 4.84. The molecule has 5 rings (SSSR count). The molecule has 1 aromatic heterocycles. The van der Waals surface area contributed by atoms with Crippen LogP contribution in [0.3, 0.4) is 0 Å². The maximum absolute atomic E-state index is 6.07. The number of rotatable bonds is 5. The first-order valence-corrected chi connectivity index (χ1v) is 10.5. The number of nitrogens with zero attached hydrogens (tertiary/aromatic N) is 2. The van der Waals surface area contributed by atoms with Crippen molar-refractivity contribution >= 4 is 16.7 Å². The summed E-state index contributed by atoms with van der Waals surface area (Å²) in [5.74, 6) is 2.19. The molecule has 2 aromatic carbocycles. The highest BCUT2D eigenvalue weighted by atomic mass is 16.5. The van der Waals surface area contributed by atoms with E-state index >= 15 is 0 Å². The van der Waals surface area contributed by atoms with Crippen molar-refractivity contribution in [1.82, 2.24) is 10.3 Å². The quantitative estimate of drug-likeness (QED) is 0.723. The molecule has 1 N–H and O–H groups in total. The van der Waals surface area contributed by atoms with Crippen molar-refractivity contribution < 1.29 is 4.74 Å². The van der Waals surface area contributed by atoms with Gasteiger partial charge < -0.3 is 15.0 Å². The van der Waals surface area contributed by atoms with E-state index in [-0.39, 0.29) is 6.10 Å². The number of pyridine rings is 1. The molecule has 28 heavy (non-hydrogen) atoms. The molecule has 0 saturated carbocycles. The number of anilines is 1. The lowest BCUT2D eigenvalue weighted by Gasteiger charge is -2.30. The van der Waals surface area contributed by atoms with E-state index in [9.17, 15) is 0 Å². The molecule has 2 aliphatic heterocycles. The average molecular weight is 374 g/mol. The van der Waals surface area contributed by atoms with E-state index in [0.29, 0.717) is 0 Å². The zero-order chi connectivity index (χ0) is 18.8. The monoisotopic (exact) mass is 373 g/mol. The Balaban J connectivity index is 1.31. The minimum atomic E-state index is 0.212. The topological polar surface area (TPSA) is 37.4 Å². The van der Waals surface area contributed by atoms with E-state index in [0.717, 1.165) is 49.7 Å². The Bertz CT molecular complexity index is 940. The van der Waals surface area contributed by atoms with Gasteiger partial charge in [0, 0.05) is 43.5 Å². The fraction of sp³-hybridized carbons (Fsp3) is 0.375. The summed E-state index contributed by atoms with van der Waals surface area (Å²) in [7, 11) is 0. The zero-order valence-corrected chi connectivity index (χ0v) is 16.2. The maximum atomic E-state index is 6.07. The number of para-hydroxylation sites is 2. The number of aromatic nitrogens is 1. The maximum Gasteiger partial charge on any atom is 0.133 e. The molecule has 1 fully saturated rings. The third-order valence-corrected chi connectivity index (χ3v) is 5.84. The highest BCUT2D eigenvalue weighted by Gasteiger charge is 2.22. The standard InChI is InChI=1S/C24H27N3O/c1-6-12-27(13-7-1)24-20(14-18-8-2-4-10-22(18)26-24)16-25-17-21-15-19-9-3-5-11-23(19)28-21/h2-5,8-11,14,21,25H,1,6-7,12-13,15-17H2. The fourth-order valence-electron chi connectivity index (χ4n) is 4.39. The molecule has 0 aliphatic carbocycles. The van der Waals surface area contributed by atoms with Gasteiger partial charge in [-0.05, 0) is 43.0 Å². The summed E-state index contributed by atoms with van der Waals surface area (Å²) in [6.45, 7) is 3.89. The Labute approximate surface area is 166 Å². The first-order chi connectivity index (χ1) is 13.9. The van der Waals surface area contributed by atoms with Crippen LogP contribution in [0.5, 0.6) is 5.75 Å². The molecule has 0 radical (unpaired) electrons. The van der Waals surface area contributed by atoms with Crippen molar-refractivity contribution in [3.63, 3.8) is 0 Å². The molecular weight excluding hydrogens is 346 g/mol. The Morgan fingerprint density at radius 1 is 1.00 bits per heavy atom. The minimum Gasteiger partial charge on any atom is -0.488 e. The van der Waals surface area contributed by atoms with Crippen LogP contribution < -0.4 is 15.0 Å². The van der Waals surface area contributed by atoms with Crippen molar-refractivity contribution in [2.24, 2.45) is 0 Å². The Hall–Kier alpha value is -2.59. The van der Waals surface area contributed by atoms with Gasteiger partial charge >= 0.3 is 0 Å². The van der Waals surface area contributed by atoms with E-state index in [1.807, 2.05) is 6.07 Å². The normalized spacial score (nSPS) is 18.9. The molecule has 1 saturated heterocycles. The van der Waals surface area contributed by atoms with Crippen LogP contribution >= 0.6 is 0 Å². The van der Waals surface area contributed by atoms with Gasteiger partial charge in [-0.3, -0.25) is 0 Å². The molecule has 4 nitrogen and oxygen atoms in total. The Kier molecular flexibility index (Phi) is 4.88. The van der Waals surface area contributed by atoms with Crippen LogP contribution in [0, 0.1) is 0 Å². The third-order valence-electron chi connectivity index (χ3n) is 5.84. The van der Waals surface area contributed by atoms with Crippen molar-refractivity contribution in [2.45, 2.75) is 38.3 Å². The van der Waals surface area contributed by atoms with Gasteiger partial charge in [-0.25, -0.2) is 4.98 Å². The second-order valence-electron chi connectivity index (χ2n) is 7.89. The van der Waals surface area contributed by atoms with E-state index < -0.39 is 0 Å². The third kappa shape index (κ3) is 3.57. The molecule has 0 spiro atoms. The smallest absolute Gasteiger partial charge is 0.133 e. The molecule has 144 valence electrons. The van der Waals surface area contributed by atoms with Crippen LogP contribution in [0.25, 0.3) is 10.9 Å². The van der Waals surface area contributed by atoms with Crippen LogP contribution in [-0.2, 0) is 13.0 Å². The number of fused-ring (bicyclic) bond motifs is 2. The van der Waals surface area contributed by atoms with Crippen LogP contribution in [0.4, 0.5) is 5.82 Å². The molecule has 0 amide bonds. The Morgan fingerprint density at radius 2 is 1.82 bits per heavy atom. The summed E-state index contributed by atoms with van der Waals surface area (Å²) in [6.07, 6.45) is 5.05. The lowest BCUT2D eigenvalue weighted by Crippen LogP contribution is -2.33. The van der Waals surface area contributed by atoms with Gasteiger partial charge in [-0.1, -0.05) is 36.4 Å². The summed E-state index contributed by atoms with van der Waals surface area (Å²) in [4.78, 5) is 7.50. The predicted octanol–water partition coefficient (Wildman–Crippen LogP) is 4.32. The van der Waals surface area contributed by atoms with Crippen LogP contribution in [0.1, 0.15) is 30.4 Å². The summed E-state index contributed by atoms with van der Waals surface area (Å²) < 4.78 is 6.07. The average Bonchev–Trinajstić information content (AvgIpc) is 3.17. The molecule has 4 heteroatoms. The molecule has 2 aliphatic rings. The van der Waals surface area contributed by atoms with E-state index in [1.54, 1.807) is 0 Å². The fourth-order valence-corrected chi connectivity index (χ4v) is 4.39. The zero-order valence-electron chi connectivity index (χ0n) is 16.2. The van der Waals surface area contributed by atoms with Gasteiger partial charge in [0.25, 0.3) is 0 Å². The molecule has 0 bridgehead atoms. The lowest BCUT2D eigenvalue weighted by molar-refractivity contribution is 0.227. The van der Waals surface area contributed by atoms with Crippen LogP contribution in [0.15, 0.2) is 54.6 Å². The highest BCUT2D eigenvalue weighted by Crippen LogP contribution is 2.29. The summed E-state index contributed by atoms with van der Waals surface area (Å²) >= 11 is 0. The minimum absolute atomic E-state index is 0.212. The first kappa shape index (κ1) is 17.5. The molecule has 1 unspecified atom stereocenters. The van der Waals surface area contributed by atoms with Crippen molar-refractivity contribution in [3.05, 3.63) is 65.7 Å². The molecule has 1 atom stereocenters. The van der Waals surface area contributed by atoms with Crippen molar-refractivity contribution in [1.29, 1.82) is 0 Å². The second kappa shape index (κ2) is 7.80. The van der Waals surface area contributed by atoms with Gasteiger partial charge in [0.15, 0.2) is 0 Å². The number of nitrogens with one attached hydrogen (secondary N) is 1. The first-order valence-electron chi connectivity index (χ1n) is 10.5. The second-order valence-corrected chi connectivity index (χ2v) is 7.89. The van der Waals surface area contributed by atoms with Crippen LogP contribution in [0.2, 0.25) is 0 Å². The summed E-state index contributed by atoms with van der Waals surface area (Å²) in [6, 6.07) is 19.1. The van der Waals surface area contributed by atoms with E-state index in [4.69, 9.17) is 9.72 Å². The van der Waals surface area contributed by atoms with Gasteiger partial charge in [0.1, 0.15) is 17.7 Å². The number of piperidine rings is 1. The number of ether oxygens (including phenoxy) is 1. The number of hydrogen-bond acceptors (Lipinski definition) is 4. The van der Waals surface area contributed by atoms with Gasteiger partial charge in [-0.15, -0.1) is 0 Å². The van der Waals surface area contributed by atoms with Crippen molar-refractivity contribution in [3.8, 4) is 5.75 Å². The molecule has 3 aromatic rings. The van der Waals surface area contributed by atoms with Gasteiger partial charge in [0.05, 0.1) is 5.52 Å². The SMILES string of the molecule is c1ccc2c(c1)CC(CNCc1cc3ccccc3nc1N1CCCCC1)O2. The Morgan fingerprint density at radius 3 is 2.71 bits per heavy atom. The number of benzene rings is 2. The van der Waals surface area contributed by atoms with Crippen molar-refractivity contribution in [2.75, 3.05) is 24.5 Å². The lowest BCUT2D eigenvalue weighted by atomic mass is 10.1. The van der Waals surface area contributed by atoms with Crippen LogP contribution in [-0.4, -0.2) is 30.7 Å². The van der Waals surface area contributed by atoms with Gasteiger partial charge in [0.2, 0.25) is 0 Å². The molecule has 3 heterocycles. The highest BCUT2D eigenvalue weighted by molar-refractivity contribution is 5.81. The number of hydrogen-bond donors (Lipinski definition) is 1. The van der Waals surface area contributed by atoms with Gasteiger partial charge in [-0.2, -0.15) is 0 Å². The predicted molar refractivity (Wildman–Crippen MR) is 114 cm³/mol. The summed E-state index contributed by atoms with van der Waals surface area (Å²) in [5.41, 5.74) is 3.69. The largest absolute Gasteiger partial charge is 0.488 e. The van der Waals surface area contributed by atoms with E-state index in [1.165, 1.54) is 35.8 Å².